The number of nitro groups is 1. The van der Waals surface area contributed by atoms with E-state index in [1.807, 2.05) is 54.9 Å². The van der Waals surface area contributed by atoms with Crippen molar-refractivity contribution in [3.8, 4) is 33.3 Å². The molecule has 0 radical (unpaired) electrons. The smallest absolute Gasteiger partial charge is 0.278 e. The lowest BCUT2D eigenvalue weighted by Gasteiger charge is -2.06. The van der Waals surface area contributed by atoms with Crippen LogP contribution in [0.25, 0.3) is 38.3 Å². The number of benzene rings is 2. The molecule has 0 fully saturated rings. The molecule has 3 aromatic heterocycles. The van der Waals surface area contributed by atoms with Crippen LogP contribution in [-0.2, 0) is 7.05 Å². The first-order valence-corrected chi connectivity index (χ1v) is 10.0. The second-order valence-corrected chi connectivity index (χ2v) is 7.89. The maximum Gasteiger partial charge on any atom is 0.278 e. The molecule has 0 unspecified atom stereocenters. The molecule has 0 spiro atoms. The number of nitrogens with zero attached hydrogens (tertiary/aromatic N) is 6. The third-order valence-corrected chi connectivity index (χ3v) is 5.91. The Morgan fingerprint density at radius 1 is 1.00 bits per heavy atom. The van der Waals surface area contributed by atoms with E-state index in [0.29, 0.717) is 16.3 Å². The van der Waals surface area contributed by atoms with Crippen LogP contribution in [0.3, 0.4) is 0 Å². The van der Waals surface area contributed by atoms with Crippen molar-refractivity contribution in [1.29, 1.82) is 0 Å². The van der Waals surface area contributed by atoms with Crippen molar-refractivity contribution < 1.29 is 4.92 Å². The summed E-state index contributed by atoms with van der Waals surface area (Å²) >= 11 is 1.43. The van der Waals surface area contributed by atoms with Gasteiger partial charge in [-0.2, -0.15) is 9.61 Å². The van der Waals surface area contributed by atoms with E-state index in [-0.39, 0.29) is 10.6 Å². The minimum absolute atomic E-state index is 0.0742. The van der Waals surface area contributed by atoms with Crippen LogP contribution in [0.4, 0.5) is 5.69 Å². The Hall–Kier alpha value is -3.85. The second kappa shape index (κ2) is 6.89. The molecule has 0 amide bonds. The van der Waals surface area contributed by atoms with Gasteiger partial charge in [0.2, 0.25) is 4.96 Å². The van der Waals surface area contributed by atoms with Crippen molar-refractivity contribution in [2.45, 2.75) is 6.92 Å². The van der Waals surface area contributed by atoms with Crippen molar-refractivity contribution in [3.05, 3.63) is 76.3 Å². The molecule has 2 aromatic carbocycles. The highest BCUT2D eigenvalue weighted by molar-refractivity contribution is 7.19. The monoisotopic (exact) mass is 416 g/mol. The summed E-state index contributed by atoms with van der Waals surface area (Å²) < 4.78 is 3.66. The summed E-state index contributed by atoms with van der Waals surface area (Å²) in [4.78, 5) is 11.8. The number of para-hydroxylation sites is 1. The second-order valence-electron chi connectivity index (χ2n) is 6.93. The van der Waals surface area contributed by atoms with Crippen LogP contribution < -0.4 is 0 Å². The topological polar surface area (TPSA) is 91.1 Å². The molecular weight excluding hydrogens is 400 g/mol. The molecule has 0 N–H and O–H groups in total. The van der Waals surface area contributed by atoms with Gasteiger partial charge in [0.1, 0.15) is 0 Å². The van der Waals surface area contributed by atoms with Crippen LogP contribution in [0, 0.1) is 17.0 Å². The minimum atomic E-state index is -0.362. The Balaban J connectivity index is 1.60. The number of hydrogen-bond donors (Lipinski definition) is 0. The van der Waals surface area contributed by atoms with Gasteiger partial charge in [-0.3, -0.25) is 10.1 Å². The largest absolute Gasteiger partial charge is 0.341 e. The average Bonchev–Trinajstić information content (AvgIpc) is 3.41. The number of hydrogen-bond acceptors (Lipinski definition) is 6. The number of aromatic nitrogens is 5. The Morgan fingerprint density at radius 2 is 1.80 bits per heavy atom. The molecule has 148 valence electrons. The highest BCUT2D eigenvalue weighted by Gasteiger charge is 2.21. The molecule has 0 bridgehead atoms. The third-order valence-electron chi connectivity index (χ3n) is 4.98. The molecular formula is C21H16N6O2S. The van der Waals surface area contributed by atoms with Crippen LogP contribution in [0.2, 0.25) is 0 Å². The normalized spacial score (nSPS) is 11.3. The van der Waals surface area contributed by atoms with Gasteiger partial charge in [0, 0.05) is 18.7 Å². The molecule has 0 aliphatic rings. The zero-order valence-corrected chi connectivity index (χ0v) is 17.0. The van der Waals surface area contributed by atoms with Crippen molar-refractivity contribution in [3.63, 3.8) is 0 Å². The number of fused-ring (bicyclic) bond motifs is 1. The summed E-state index contributed by atoms with van der Waals surface area (Å²) in [5.41, 5.74) is 4.34. The van der Waals surface area contributed by atoms with Gasteiger partial charge >= 0.3 is 0 Å². The predicted molar refractivity (Wildman–Crippen MR) is 115 cm³/mol. The minimum Gasteiger partial charge on any atom is -0.341 e. The summed E-state index contributed by atoms with van der Waals surface area (Å²) in [7, 11) is 1.88. The van der Waals surface area contributed by atoms with Gasteiger partial charge in [-0.05, 0) is 31.2 Å². The lowest BCUT2D eigenvalue weighted by Crippen LogP contribution is -1.98. The van der Waals surface area contributed by atoms with Gasteiger partial charge in [-0.15, -0.1) is 10.2 Å². The lowest BCUT2D eigenvalue weighted by atomic mass is 10.1. The van der Waals surface area contributed by atoms with E-state index in [1.54, 1.807) is 22.7 Å². The standard InChI is InChI=1S/C21H16N6O2S/c1-13-6-5-7-14(12-13)19-22-23-21-26(19)24-20(30-21)18-11-10-16(25(18)2)15-8-3-4-9-17(15)27(28)29/h3-12H,1-2H3. The Bertz CT molecular complexity index is 1410. The molecule has 0 aliphatic heterocycles. The van der Waals surface area contributed by atoms with Gasteiger partial charge in [0.05, 0.1) is 21.9 Å². The fourth-order valence-corrected chi connectivity index (χ4v) is 4.43. The van der Waals surface area contributed by atoms with Crippen molar-refractivity contribution >= 4 is 22.0 Å². The van der Waals surface area contributed by atoms with Gasteiger partial charge in [0.15, 0.2) is 10.8 Å². The zero-order chi connectivity index (χ0) is 20.8. The number of nitro benzene ring substituents is 1. The summed E-state index contributed by atoms with van der Waals surface area (Å²) in [6, 6.07) is 18.6. The first kappa shape index (κ1) is 18.2. The SMILES string of the molecule is Cc1cccc(-c2nnc3sc(-c4ccc(-c5ccccc5[N+](=O)[O-])n4C)nn23)c1. The first-order chi connectivity index (χ1) is 14.5. The van der Waals surface area contributed by atoms with E-state index in [2.05, 4.69) is 10.2 Å². The van der Waals surface area contributed by atoms with Crippen LogP contribution >= 0.6 is 11.3 Å². The Kier molecular flexibility index (Phi) is 4.18. The Morgan fingerprint density at radius 3 is 2.60 bits per heavy atom. The third kappa shape index (κ3) is 2.87. The molecule has 5 aromatic rings. The fourth-order valence-electron chi connectivity index (χ4n) is 3.53. The van der Waals surface area contributed by atoms with Gasteiger partial charge in [0.25, 0.3) is 5.69 Å². The summed E-state index contributed by atoms with van der Waals surface area (Å²) in [6.07, 6.45) is 0. The van der Waals surface area contributed by atoms with Crippen molar-refractivity contribution in [2.75, 3.05) is 0 Å². The summed E-state index contributed by atoms with van der Waals surface area (Å²) in [6.45, 7) is 2.03. The first-order valence-electron chi connectivity index (χ1n) is 9.22. The molecule has 5 rings (SSSR count). The molecule has 0 saturated heterocycles. The highest BCUT2D eigenvalue weighted by Crippen LogP contribution is 2.35. The number of rotatable bonds is 4. The molecule has 0 aliphatic carbocycles. The van der Waals surface area contributed by atoms with Crippen molar-refractivity contribution in [1.82, 2.24) is 24.4 Å². The van der Waals surface area contributed by atoms with Gasteiger partial charge < -0.3 is 4.57 Å². The van der Waals surface area contributed by atoms with Crippen LogP contribution in [0.15, 0.2) is 60.7 Å². The van der Waals surface area contributed by atoms with E-state index in [9.17, 15) is 10.1 Å². The lowest BCUT2D eigenvalue weighted by molar-refractivity contribution is -0.384. The molecule has 8 nitrogen and oxygen atoms in total. The Labute approximate surface area is 175 Å². The number of aryl methyl sites for hydroxylation is 1. The van der Waals surface area contributed by atoms with E-state index in [4.69, 9.17) is 5.10 Å². The summed E-state index contributed by atoms with van der Waals surface area (Å²) in [5.74, 6) is 0.685. The molecule has 3 heterocycles. The van der Waals surface area contributed by atoms with Gasteiger partial charge in [-0.1, -0.05) is 47.2 Å². The molecule has 9 heteroatoms. The van der Waals surface area contributed by atoms with E-state index in [0.717, 1.165) is 27.5 Å². The zero-order valence-electron chi connectivity index (χ0n) is 16.2. The maximum atomic E-state index is 11.4. The fraction of sp³-hybridized carbons (Fsp3) is 0.0952. The average molecular weight is 416 g/mol. The van der Waals surface area contributed by atoms with Crippen LogP contribution in [0.5, 0.6) is 0 Å². The molecule has 0 atom stereocenters. The molecule has 0 saturated carbocycles. The maximum absolute atomic E-state index is 11.4. The van der Waals surface area contributed by atoms with Crippen LogP contribution in [-0.4, -0.2) is 29.3 Å². The summed E-state index contributed by atoms with van der Waals surface area (Å²) in [5, 5.41) is 25.5. The predicted octanol–water partition coefficient (Wildman–Crippen LogP) is 4.74. The van der Waals surface area contributed by atoms with Crippen LogP contribution in [0.1, 0.15) is 5.56 Å². The van der Waals surface area contributed by atoms with Gasteiger partial charge in [-0.25, -0.2) is 0 Å². The quantitative estimate of drug-likeness (QED) is 0.312. The van der Waals surface area contributed by atoms with E-state index >= 15 is 0 Å². The van der Waals surface area contributed by atoms with Crippen molar-refractivity contribution in [2.24, 2.45) is 7.05 Å². The van der Waals surface area contributed by atoms with E-state index in [1.165, 1.54) is 17.4 Å². The molecule has 30 heavy (non-hydrogen) atoms. The van der Waals surface area contributed by atoms with E-state index < -0.39 is 0 Å². The highest BCUT2D eigenvalue weighted by atomic mass is 32.1.